The highest BCUT2D eigenvalue weighted by Crippen LogP contribution is 2.25. The average molecular weight is 352 g/mol. The summed E-state index contributed by atoms with van der Waals surface area (Å²) in [5.74, 6) is 1.55. The molecule has 1 heterocycles. The van der Waals surface area contributed by atoms with Crippen molar-refractivity contribution in [3.8, 4) is 5.75 Å². The number of rotatable bonds is 4. The van der Waals surface area contributed by atoms with Gasteiger partial charge in [-0.15, -0.1) is 11.8 Å². The van der Waals surface area contributed by atoms with Crippen LogP contribution in [0.3, 0.4) is 0 Å². The van der Waals surface area contributed by atoms with E-state index < -0.39 is 17.7 Å². The van der Waals surface area contributed by atoms with Crippen LogP contribution in [0.1, 0.15) is 27.7 Å². The summed E-state index contributed by atoms with van der Waals surface area (Å²) >= 11 is 1.54. The molecule has 1 saturated heterocycles. The molecule has 0 radical (unpaired) electrons. The third-order valence-corrected chi connectivity index (χ3v) is 4.26. The van der Waals surface area contributed by atoms with Gasteiger partial charge >= 0.3 is 6.09 Å². The fraction of sp³-hybridized carbons (Fsp3) is 0.529. The molecule has 0 aromatic heterocycles. The predicted octanol–water partition coefficient (Wildman–Crippen LogP) is 3.33. The Balaban J connectivity index is 1.98. The molecule has 132 valence electrons. The number of carbonyl (C=O) groups excluding carboxylic acids is 2. The van der Waals surface area contributed by atoms with E-state index in [2.05, 4.69) is 5.32 Å². The molecule has 2 rings (SSSR count). The zero-order chi connectivity index (χ0) is 17.7. The number of benzene rings is 1. The number of hydrogen-bond acceptors (Lipinski definition) is 5. The Bertz CT molecular complexity index is 583. The van der Waals surface area contributed by atoms with Gasteiger partial charge in [0.25, 0.3) is 0 Å². The van der Waals surface area contributed by atoms with Crippen molar-refractivity contribution in [1.29, 1.82) is 0 Å². The summed E-state index contributed by atoms with van der Waals surface area (Å²) in [5, 5.41) is 2.84. The first-order valence-electron chi connectivity index (χ1n) is 7.91. The van der Waals surface area contributed by atoms with Gasteiger partial charge in [0.15, 0.2) is 0 Å². The predicted molar refractivity (Wildman–Crippen MR) is 95.4 cm³/mol. The van der Waals surface area contributed by atoms with Gasteiger partial charge in [-0.25, -0.2) is 4.79 Å². The van der Waals surface area contributed by atoms with Crippen LogP contribution >= 0.6 is 11.8 Å². The third-order valence-electron chi connectivity index (χ3n) is 3.25. The van der Waals surface area contributed by atoms with Crippen molar-refractivity contribution in [3.63, 3.8) is 0 Å². The first-order chi connectivity index (χ1) is 11.3. The van der Waals surface area contributed by atoms with Crippen molar-refractivity contribution >= 4 is 29.4 Å². The van der Waals surface area contributed by atoms with Gasteiger partial charge in [0.2, 0.25) is 5.91 Å². The lowest BCUT2D eigenvalue weighted by Gasteiger charge is -2.27. The number of anilines is 1. The van der Waals surface area contributed by atoms with Crippen molar-refractivity contribution < 1.29 is 19.1 Å². The van der Waals surface area contributed by atoms with Crippen LogP contribution < -0.4 is 10.1 Å². The normalized spacial score (nSPS) is 17.5. The van der Waals surface area contributed by atoms with E-state index in [0.717, 1.165) is 5.75 Å². The summed E-state index contributed by atoms with van der Waals surface area (Å²) < 4.78 is 10.7. The Labute approximate surface area is 146 Å². The van der Waals surface area contributed by atoms with Gasteiger partial charge < -0.3 is 14.8 Å². The van der Waals surface area contributed by atoms with Gasteiger partial charge in [-0.3, -0.25) is 9.69 Å². The molecule has 6 nitrogen and oxygen atoms in total. The van der Waals surface area contributed by atoms with Crippen LogP contribution in [-0.4, -0.2) is 46.8 Å². The second-order valence-corrected chi connectivity index (χ2v) is 7.41. The fourth-order valence-corrected chi connectivity index (χ4v) is 3.33. The SMILES string of the molecule is CCOc1ccc(NC(=O)C2CSCN2C(=O)OC(C)(C)C)cc1. The fourth-order valence-electron chi connectivity index (χ4n) is 2.19. The van der Waals surface area contributed by atoms with Crippen LogP contribution in [-0.2, 0) is 9.53 Å². The maximum atomic E-state index is 12.5. The molecule has 0 aliphatic carbocycles. The summed E-state index contributed by atoms with van der Waals surface area (Å²) in [4.78, 5) is 26.2. The van der Waals surface area contributed by atoms with E-state index in [9.17, 15) is 9.59 Å². The number of amides is 2. The van der Waals surface area contributed by atoms with Crippen molar-refractivity contribution in [2.45, 2.75) is 39.3 Å². The molecule has 1 aromatic carbocycles. The summed E-state index contributed by atoms with van der Waals surface area (Å²) in [6.45, 7) is 7.93. The van der Waals surface area contributed by atoms with E-state index >= 15 is 0 Å². The number of hydrogen-bond donors (Lipinski definition) is 1. The van der Waals surface area contributed by atoms with Crippen LogP contribution in [0.4, 0.5) is 10.5 Å². The third kappa shape index (κ3) is 5.06. The van der Waals surface area contributed by atoms with E-state index in [1.807, 2.05) is 27.7 Å². The molecule has 2 amide bonds. The first kappa shape index (κ1) is 18.4. The van der Waals surface area contributed by atoms with Crippen LogP contribution in [0.5, 0.6) is 5.75 Å². The van der Waals surface area contributed by atoms with Crippen molar-refractivity contribution in [2.24, 2.45) is 0 Å². The van der Waals surface area contributed by atoms with E-state index in [4.69, 9.17) is 9.47 Å². The topological polar surface area (TPSA) is 67.9 Å². The number of thioether (sulfide) groups is 1. The highest BCUT2D eigenvalue weighted by atomic mass is 32.2. The monoisotopic (exact) mass is 352 g/mol. The highest BCUT2D eigenvalue weighted by Gasteiger charge is 2.37. The van der Waals surface area contributed by atoms with Crippen LogP contribution in [0.25, 0.3) is 0 Å². The smallest absolute Gasteiger partial charge is 0.411 e. The van der Waals surface area contributed by atoms with Crippen LogP contribution in [0.2, 0.25) is 0 Å². The zero-order valence-corrected chi connectivity index (χ0v) is 15.3. The molecule has 1 atom stereocenters. The Morgan fingerprint density at radius 2 is 1.96 bits per heavy atom. The summed E-state index contributed by atoms with van der Waals surface area (Å²) in [6.07, 6.45) is -0.459. The van der Waals surface area contributed by atoms with Crippen molar-refractivity contribution in [2.75, 3.05) is 23.6 Å². The van der Waals surface area contributed by atoms with Crippen LogP contribution in [0.15, 0.2) is 24.3 Å². The molecule has 0 bridgehead atoms. The molecule has 24 heavy (non-hydrogen) atoms. The quantitative estimate of drug-likeness (QED) is 0.900. The summed E-state index contributed by atoms with van der Waals surface area (Å²) in [6, 6.07) is 6.63. The Kier molecular flexibility index (Phi) is 5.99. The van der Waals surface area contributed by atoms with Gasteiger partial charge in [0, 0.05) is 11.4 Å². The lowest BCUT2D eigenvalue weighted by atomic mass is 10.2. The number of nitrogens with zero attached hydrogens (tertiary/aromatic N) is 1. The summed E-state index contributed by atoms with van der Waals surface area (Å²) in [5.41, 5.74) is 0.0880. The van der Waals surface area contributed by atoms with Gasteiger partial charge in [0.05, 0.1) is 12.5 Å². The molecule has 0 spiro atoms. The zero-order valence-electron chi connectivity index (χ0n) is 14.5. The second-order valence-electron chi connectivity index (χ2n) is 6.41. The maximum Gasteiger partial charge on any atom is 0.411 e. The molecular formula is C17H24N2O4S. The standard InChI is InChI=1S/C17H24N2O4S/c1-5-22-13-8-6-12(7-9-13)18-15(20)14-10-24-11-19(14)16(21)23-17(2,3)4/h6-9,14H,5,10-11H2,1-4H3,(H,18,20). The lowest BCUT2D eigenvalue weighted by Crippen LogP contribution is -2.46. The molecule has 1 aliphatic heterocycles. The molecular weight excluding hydrogens is 328 g/mol. The van der Waals surface area contributed by atoms with E-state index in [1.54, 1.807) is 24.3 Å². The van der Waals surface area contributed by atoms with Crippen LogP contribution in [0, 0.1) is 0 Å². The van der Waals surface area contributed by atoms with Crippen molar-refractivity contribution in [1.82, 2.24) is 4.90 Å². The van der Waals surface area contributed by atoms with Crippen molar-refractivity contribution in [3.05, 3.63) is 24.3 Å². The molecule has 1 fully saturated rings. The highest BCUT2D eigenvalue weighted by molar-refractivity contribution is 7.99. The van der Waals surface area contributed by atoms with E-state index in [1.165, 1.54) is 16.7 Å². The Morgan fingerprint density at radius 3 is 2.54 bits per heavy atom. The van der Waals surface area contributed by atoms with E-state index in [-0.39, 0.29) is 5.91 Å². The number of nitrogens with one attached hydrogen (secondary N) is 1. The van der Waals surface area contributed by atoms with Gasteiger partial charge in [0.1, 0.15) is 17.4 Å². The molecule has 1 aliphatic rings. The van der Waals surface area contributed by atoms with E-state index in [0.29, 0.717) is 23.9 Å². The minimum Gasteiger partial charge on any atom is -0.494 e. The number of carbonyl (C=O) groups is 2. The van der Waals surface area contributed by atoms with Gasteiger partial charge in [-0.05, 0) is 52.0 Å². The number of ether oxygens (including phenoxy) is 2. The minimum absolute atomic E-state index is 0.213. The molecule has 0 saturated carbocycles. The second kappa shape index (κ2) is 7.79. The largest absolute Gasteiger partial charge is 0.494 e. The minimum atomic E-state index is -0.583. The first-order valence-corrected chi connectivity index (χ1v) is 9.06. The molecule has 7 heteroatoms. The molecule has 1 N–H and O–H groups in total. The molecule has 1 aromatic rings. The average Bonchev–Trinajstić information content (AvgIpc) is 2.97. The van der Waals surface area contributed by atoms with Gasteiger partial charge in [-0.1, -0.05) is 0 Å². The lowest BCUT2D eigenvalue weighted by molar-refractivity contribution is -0.120. The maximum absolute atomic E-state index is 12.5. The summed E-state index contributed by atoms with van der Waals surface area (Å²) in [7, 11) is 0. The Morgan fingerprint density at radius 1 is 1.29 bits per heavy atom. The van der Waals surface area contributed by atoms with Gasteiger partial charge in [-0.2, -0.15) is 0 Å². The molecule has 1 unspecified atom stereocenters. The Hall–Kier alpha value is -1.89.